The van der Waals surface area contributed by atoms with Gasteiger partial charge in [0.25, 0.3) is 0 Å². The first-order valence-corrected chi connectivity index (χ1v) is 15.4. The topological polar surface area (TPSA) is 55.4 Å². The van der Waals surface area contributed by atoms with E-state index in [0.29, 0.717) is 39.6 Å². The van der Waals surface area contributed by atoms with Gasteiger partial charge in [-0.15, -0.1) is 0 Å². The third kappa shape index (κ3) is 12.6. The summed E-state index contributed by atoms with van der Waals surface area (Å²) in [6, 6.07) is 0.867. The van der Waals surface area contributed by atoms with E-state index in [1.165, 1.54) is 0 Å². The zero-order valence-corrected chi connectivity index (χ0v) is 22.8. The average molecular weight is 477 g/mol. The van der Waals surface area contributed by atoms with Gasteiger partial charge in [-0.2, -0.15) is 25.3 Å². The summed E-state index contributed by atoms with van der Waals surface area (Å²) in [4.78, 5) is 0.0716. The summed E-state index contributed by atoms with van der Waals surface area (Å²) in [7, 11) is -4.90. The van der Waals surface area contributed by atoms with Crippen LogP contribution < -0.4 is 0 Å². The largest absolute Gasteiger partial charge is 0.514 e. The van der Waals surface area contributed by atoms with E-state index in [2.05, 4.69) is 32.2 Å². The van der Waals surface area contributed by atoms with Crippen LogP contribution in [0.15, 0.2) is 0 Å². The van der Waals surface area contributed by atoms with E-state index < -0.39 is 17.6 Å². The molecule has 1 atom stereocenters. The predicted octanol–water partition coefficient (Wildman–Crippen LogP) is 4.64. The lowest BCUT2D eigenvalue weighted by Gasteiger charge is -2.32. The van der Waals surface area contributed by atoms with Crippen LogP contribution in [0.3, 0.4) is 0 Å². The molecule has 0 spiro atoms. The fourth-order valence-corrected chi connectivity index (χ4v) is 8.84. The van der Waals surface area contributed by atoms with E-state index >= 15 is 0 Å². The van der Waals surface area contributed by atoms with Crippen molar-refractivity contribution in [3.8, 4) is 0 Å². The van der Waals surface area contributed by atoms with E-state index in [0.717, 1.165) is 24.6 Å². The third-order valence-corrected chi connectivity index (χ3v) is 11.6. The maximum absolute atomic E-state index is 5.68. The summed E-state index contributed by atoms with van der Waals surface area (Å²) in [5, 5.41) is 0. The molecule has 0 saturated heterocycles. The van der Waals surface area contributed by atoms with Gasteiger partial charge in [-0.25, -0.2) is 0 Å². The molecule has 0 bridgehead atoms. The lowest BCUT2D eigenvalue weighted by molar-refractivity contribution is 0.0691. The fraction of sp³-hybridized carbons (Fsp3) is 1.00. The Bertz CT molecular complexity index is 309. The van der Waals surface area contributed by atoms with Crippen molar-refractivity contribution in [2.45, 2.75) is 72.2 Å². The summed E-state index contributed by atoms with van der Waals surface area (Å²) in [5.41, 5.74) is 0. The van der Waals surface area contributed by atoms with Gasteiger partial charge in [0.05, 0.1) is 4.87 Å². The fourth-order valence-electron chi connectivity index (χ4n) is 2.56. The van der Waals surface area contributed by atoms with E-state index in [1.54, 1.807) is 0 Å². The van der Waals surface area contributed by atoms with Gasteiger partial charge in [0.15, 0.2) is 0 Å². The van der Waals surface area contributed by atoms with Crippen molar-refractivity contribution >= 4 is 42.9 Å². The van der Waals surface area contributed by atoms with Crippen LogP contribution in [0.4, 0.5) is 0 Å². The zero-order valence-electron chi connectivity index (χ0n) is 19.0. The summed E-state index contributed by atoms with van der Waals surface area (Å²) in [5.74, 6) is 0.849. The van der Waals surface area contributed by atoms with Gasteiger partial charge in [-0.05, 0) is 60.1 Å². The minimum atomic E-state index is -2.53. The van der Waals surface area contributed by atoms with Crippen molar-refractivity contribution in [1.82, 2.24) is 0 Å². The second-order valence-electron chi connectivity index (χ2n) is 5.64. The molecule has 0 aromatic carbocycles. The molecule has 0 aliphatic heterocycles. The average Bonchev–Trinajstić information content (AvgIpc) is 2.67. The molecule has 0 aromatic heterocycles. The molecule has 0 heterocycles. The summed E-state index contributed by atoms with van der Waals surface area (Å²) >= 11 is 8.69. The lowest BCUT2D eigenvalue weighted by atomic mass is 10.6. The highest BCUT2D eigenvalue weighted by Crippen LogP contribution is 2.22. The van der Waals surface area contributed by atoms with Gasteiger partial charge in [-0.3, -0.25) is 0 Å². The summed E-state index contributed by atoms with van der Waals surface area (Å²) in [6.45, 7) is 17.6. The Morgan fingerprint density at radius 3 is 1.25 bits per heavy atom. The van der Waals surface area contributed by atoms with Crippen LogP contribution in [0.1, 0.15) is 61.3 Å². The molecule has 172 valence electrons. The van der Waals surface area contributed by atoms with Crippen molar-refractivity contribution in [2.75, 3.05) is 45.4 Å². The minimum absolute atomic E-state index is 0.0716. The molecule has 0 amide bonds. The lowest BCUT2D eigenvalue weighted by Crippen LogP contribution is -2.54. The monoisotopic (exact) mass is 476 g/mol. The standard InChI is InChI=1S/2C9H22O3SSi/c1-5-9(13)14(10-6-2,11-7-3)12-8-4;1-4-10-14(11-5-2,12-6-3)9-7-8-13/h9,13H,5-8H2,1-4H3;13H,4-9H2,1-3H3. The van der Waals surface area contributed by atoms with E-state index in [1.807, 2.05) is 41.5 Å². The zero-order chi connectivity index (χ0) is 21.9. The third-order valence-electron chi connectivity index (χ3n) is 3.57. The van der Waals surface area contributed by atoms with Gasteiger partial charge in [0, 0.05) is 45.7 Å². The first-order chi connectivity index (χ1) is 13.4. The normalized spacial score (nSPS) is 13.2. The van der Waals surface area contributed by atoms with Crippen molar-refractivity contribution in [2.24, 2.45) is 0 Å². The van der Waals surface area contributed by atoms with Crippen LogP contribution in [-0.2, 0) is 26.6 Å². The van der Waals surface area contributed by atoms with Crippen LogP contribution >= 0.6 is 25.3 Å². The SMILES string of the molecule is CCO[Si](CCCS)(OCC)OCC.CCO[Si](OCC)(OCC)C(S)CC. The quantitative estimate of drug-likeness (QED) is 0.236. The maximum atomic E-state index is 5.68. The van der Waals surface area contributed by atoms with E-state index in [9.17, 15) is 0 Å². The molecule has 6 nitrogen and oxygen atoms in total. The van der Waals surface area contributed by atoms with Crippen LogP contribution in [0.5, 0.6) is 0 Å². The van der Waals surface area contributed by atoms with Gasteiger partial charge < -0.3 is 26.6 Å². The van der Waals surface area contributed by atoms with Gasteiger partial charge >= 0.3 is 17.6 Å². The highest BCUT2D eigenvalue weighted by molar-refractivity contribution is 7.83. The first-order valence-electron chi connectivity index (χ1n) is 10.5. The van der Waals surface area contributed by atoms with Crippen molar-refractivity contribution < 1.29 is 26.6 Å². The summed E-state index contributed by atoms with van der Waals surface area (Å²) < 4.78 is 34.1. The molecule has 0 fully saturated rings. The van der Waals surface area contributed by atoms with Crippen molar-refractivity contribution in [3.63, 3.8) is 0 Å². The molecule has 0 aliphatic carbocycles. The van der Waals surface area contributed by atoms with Gasteiger partial charge in [0.1, 0.15) is 0 Å². The number of hydrogen-bond acceptors (Lipinski definition) is 8. The van der Waals surface area contributed by atoms with Crippen molar-refractivity contribution in [3.05, 3.63) is 0 Å². The van der Waals surface area contributed by atoms with Crippen LogP contribution in [-0.4, -0.2) is 67.9 Å². The number of thiol groups is 2. The predicted molar refractivity (Wildman–Crippen MR) is 128 cm³/mol. The van der Waals surface area contributed by atoms with E-state index in [-0.39, 0.29) is 4.87 Å². The maximum Gasteiger partial charge on any atom is 0.514 e. The molecule has 0 saturated carbocycles. The summed E-state index contributed by atoms with van der Waals surface area (Å²) in [6.07, 6.45) is 1.88. The Hall–Kier alpha value is 0.894. The second-order valence-corrected chi connectivity index (χ2v) is 12.7. The minimum Gasteiger partial charge on any atom is -0.374 e. The molecule has 28 heavy (non-hydrogen) atoms. The molecular weight excluding hydrogens is 432 g/mol. The van der Waals surface area contributed by atoms with Gasteiger partial charge in [-0.1, -0.05) is 6.92 Å². The molecule has 0 N–H and O–H groups in total. The Morgan fingerprint density at radius 1 is 0.643 bits per heavy atom. The first kappa shape index (κ1) is 31.1. The molecule has 0 radical (unpaired) electrons. The highest BCUT2D eigenvalue weighted by Gasteiger charge is 2.46. The van der Waals surface area contributed by atoms with Crippen LogP contribution in [0.2, 0.25) is 6.04 Å². The number of rotatable bonds is 17. The Labute approximate surface area is 186 Å². The molecule has 0 aliphatic rings. The molecule has 0 rings (SSSR count). The van der Waals surface area contributed by atoms with Crippen LogP contribution in [0.25, 0.3) is 0 Å². The van der Waals surface area contributed by atoms with Crippen molar-refractivity contribution in [1.29, 1.82) is 0 Å². The smallest absolute Gasteiger partial charge is 0.374 e. The number of hydrogen-bond donors (Lipinski definition) is 2. The highest BCUT2D eigenvalue weighted by atomic mass is 32.1. The molecular formula is C18H44O6S2Si2. The molecule has 10 heteroatoms. The van der Waals surface area contributed by atoms with Crippen LogP contribution in [0, 0.1) is 0 Å². The van der Waals surface area contributed by atoms with Gasteiger partial charge in [0.2, 0.25) is 0 Å². The molecule has 0 aromatic rings. The second kappa shape index (κ2) is 19.8. The Balaban J connectivity index is 0. The Morgan fingerprint density at radius 2 is 1.00 bits per heavy atom. The molecule has 1 unspecified atom stereocenters. The Kier molecular flexibility index (Phi) is 22.0. The van der Waals surface area contributed by atoms with E-state index in [4.69, 9.17) is 26.6 Å².